The molecular weight excluding hydrogens is 240 g/mol. The second kappa shape index (κ2) is 6.15. The van der Waals surface area contributed by atoms with E-state index >= 15 is 0 Å². The second-order valence-electron chi connectivity index (χ2n) is 3.33. The predicted molar refractivity (Wildman–Crippen MR) is 66.0 cm³/mol. The first-order chi connectivity index (χ1) is 8.02. The number of phenolic OH excluding ortho intramolecular Hbond substituents is 1. The van der Waals surface area contributed by atoms with Crippen LogP contribution in [-0.2, 0) is 4.79 Å². The van der Waals surface area contributed by atoms with Crippen molar-refractivity contribution >= 4 is 23.7 Å². The number of nitrogens with one attached hydrogen (secondary N) is 2. The van der Waals surface area contributed by atoms with Gasteiger partial charge in [0.25, 0.3) is 0 Å². The van der Waals surface area contributed by atoms with E-state index in [1.807, 2.05) is 0 Å². The standard InChI is InChI=1S/C11H14N2O3S/c1-7(10(15)13-11(16)12-2)17-9-5-3-4-8(14)6-9/h3-7,14H,1-2H3,(H2,12,13,15,16). The zero-order chi connectivity index (χ0) is 12.8. The van der Waals surface area contributed by atoms with Gasteiger partial charge >= 0.3 is 6.03 Å². The highest BCUT2D eigenvalue weighted by molar-refractivity contribution is 8.00. The highest BCUT2D eigenvalue weighted by Crippen LogP contribution is 2.25. The van der Waals surface area contributed by atoms with Gasteiger partial charge in [-0.05, 0) is 25.1 Å². The summed E-state index contributed by atoms with van der Waals surface area (Å²) in [5.74, 6) is -0.230. The van der Waals surface area contributed by atoms with E-state index < -0.39 is 11.3 Å². The van der Waals surface area contributed by atoms with Crippen molar-refractivity contribution in [1.82, 2.24) is 10.6 Å². The van der Waals surface area contributed by atoms with Crippen LogP contribution >= 0.6 is 11.8 Å². The van der Waals surface area contributed by atoms with E-state index in [9.17, 15) is 14.7 Å². The Morgan fingerprint density at radius 2 is 2.12 bits per heavy atom. The molecule has 1 aromatic rings. The number of amides is 3. The van der Waals surface area contributed by atoms with Crippen molar-refractivity contribution in [3.63, 3.8) is 0 Å². The minimum atomic E-state index is -0.529. The van der Waals surface area contributed by atoms with Gasteiger partial charge < -0.3 is 10.4 Å². The zero-order valence-corrected chi connectivity index (χ0v) is 10.4. The minimum Gasteiger partial charge on any atom is -0.508 e. The minimum absolute atomic E-state index is 0.147. The Balaban J connectivity index is 2.57. The van der Waals surface area contributed by atoms with Crippen molar-refractivity contribution in [3.05, 3.63) is 24.3 Å². The summed E-state index contributed by atoms with van der Waals surface area (Å²) in [5.41, 5.74) is 0. The summed E-state index contributed by atoms with van der Waals surface area (Å²) in [4.78, 5) is 23.3. The third-order valence-electron chi connectivity index (χ3n) is 1.96. The van der Waals surface area contributed by atoms with Crippen LogP contribution in [0.25, 0.3) is 0 Å². The van der Waals surface area contributed by atoms with Crippen LogP contribution in [0, 0.1) is 0 Å². The molecule has 0 heterocycles. The van der Waals surface area contributed by atoms with Gasteiger partial charge in [0, 0.05) is 11.9 Å². The lowest BCUT2D eigenvalue weighted by molar-refractivity contribution is -0.119. The molecule has 0 aliphatic carbocycles. The first-order valence-corrected chi connectivity index (χ1v) is 5.89. The number of benzene rings is 1. The number of hydrogen-bond donors (Lipinski definition) is 3. The molecule has 0 aliphatic heterocycles. The Bertz CT molecular complexity index is 423. The van der Waals surface area contributed by atoms with Crippen molar-refractivity contribution in [2.75, 3.05) is 7.05 Å². The van der Waals surface area contributed by atoms with E-state index in [0.717, 1.165) is 4.90 Å². The van der Waals surface area contributed by atoms with Crippen LogP contribution < -0.4 is 10.6 Å². The number of imide groups is 1. The van der Waals surface area contributed by atoms with Crippen LogP contribution in [-0.4, -0.2) is 29.3 Å². The van der Waals surface area contributed by atoms with Crippen LogP contribution in [0.3, 0.4) is 0 Å². The summed E-state index contributed by atoms with van der Waals surface area (Å²) in [6, 6.07) is 6.07. The van der Waals surface area contributed by atoms with Crippen molar-refractivity contribution < 1.29 is 14.7 Å². The maximum absolute atomic E-state index is 11.5. The maximum Gasteiger partial charge on any atom is 0.321 e. The molecule has 0 fully saturated rings. The summed E-state index contributed by atoms with van der Waals surface area (Å²) in [5, 5.41) is 13.3. The van der Waals surface area contributed by atoms with Gasteiger partial charge in [0.2, 0.25) is 5.91 Å². The van der Waals surface area contributed by atoms with Crippen LogP contribution in [0.15, 0.2) is 29.2 Å². The molecule has 5 nitrogen and oxygen atoms in total. The van der Waals surface area contributed by atoms with Gasteiger partial charge in [-0.2, -0.15) is 0 Å². The molecule has 0 bridgehead atoms. The zero-order valence-electron chi connectivity index (χ0n) is 9.56. The van der Waals surface area contributed by atoms with E-state index in [0.29, 0.717) is 0 Å². The summed E-state index contributed by atoms with van der Waals surface area (Å²) in [7, 11) is 1.44. The molecule has 1 unspecified atom stereocenters. The van der Waals surface area contributed by atoms with Gasteiger partial charge in [0.15, 0.2) is 0 Å². The Labute approximate surface area is 104 Å². The third-order valence-corrected chi connectivity index (χ3v) is 3.06. The Kier molecular flexibility index (Phi) is 4.84. The van der Waals surface area contributed by atoms with E-state index in [2.05, 4.69) is 10.6 Å². The number of hydrogen-bond acceptors (Lipinski definition) is 4. The van der Waals surface area contributed by atoms with E-state index in [1.54, 1.807) is 31.2 Å². The summed E-state index contributed by atoms with van der Waals surface area (Å²) < 4.78 is 0. The van der Waals surface area contributed by atoms with Crippen molar-refractivity contribution in [3.8, 4) is 5.75 Å². The van der Waals surface area contributed by atoms with Crippen LogP contribution in [0.5, 0.6) is 5.75 Å². The van der Waals surface area contributed by atoms with E-state index in [4.69, 9.17) is 0 Å². The number of carbonyl (C=O) groups excluding carboxylic acids is 2. The van der Waals surface area contributed by atoms with Gasteiger partial charge in [-0.3, -0.25) is 10.1 Å². The molecule has 0 saturated carbocycles. The lowest BCUT2D eigenvalue weighted by Gasteiger charge is -2.10. The average molecular weight is 254 g/mol. The molecule has 92 valence electrons. The van der Waals surface area contributed by atoms with Gasteiger partial charge in [-0.15, -0.1) is 11.8 Å². The molecule has 3 amide bonds. The van der Waals surface area contributed by atoms with Gasteiger partial charge in [-0.1, -0.05) is 6.07 Å². The molecule has 0 radical (unpaired) electrons. The number of aromatic hydroxyl groups is 1. The lowest BCUT2D eigenvalue weighted by atomic mass is 10.3. The summed E-state index contributed by atoms with van der Waals surface area (Å²) in [6.07, 6.45) is 0. The van der Waals surface area contributed by atoms with Gasteiger partial charge in [0.05, 0.1) is 5.25 Å². The maximum atomic E-state index is 11.5. The highest BCUT2D eigenvalue weighted by Gasteiger charge is 2.16. The normalized spacial score (nSPS) is 11.6. The Morgan fingerprint density at radius 1 is 1.41 bits per heavy atom. The largest absolute Gasteiger partial charge is 0.508 e. The number of thioether (sulfide) groups is 1. The van der Waals surface area contributed by atoms with Crippen molar-refractivity contribution in [1.29, 1.82) is 0 Å². The van der Waals surface area contributed by atoms with Crippen molar-refractivity contribution in [2.45, 2.75) is 17.1 Å². The molecule has 1 atom stereocenters. The molecule has 0 aliphatic rings. The molecule has 17 heavy (non-hydrogen) atoms. The highest BCUT2D eigenvalue weighted by atomic mass is 32.2. The fraction of sp³-hybridized carbons (Fsp3) is 0.273. The van der Waals surface area contributed by atoms with E-state index in [1.165, 1.54) is 18.8 Å². The van der Waals surface area contributed by atoms with Crippen LogP contribution in [0.1, 0.15) is 6.92 Å². The second-order valence-corrected chi connectivity index (χ2v) is 4.74. The Hall–Kier alpha value is -1.69. The smallest absolute Gasteiger partial charge is 0.321 e. The molecule has 0 aromatic heterocycles. The molecule has 1 aromatic carbocycles. The summed E-state index contributed by atoms with van der Waals surface area (Å²) in [6.45, 7) is 1.69. The monoisotopic (exact) mass is 254 g/mol. The number of urea groups is 1. The fourth-order valence-electron chi connectivity index (χ4n) is 1.09. The first kappa shape index (κ1) is 13.4. The van der Waals surface area contributed by atoms with Crippen molar-refractivity contribution in [2.24, 2.45) is 0 Å². The SMILES string of the molecule is CNC(=O)NC(=O)C(C)Sc1cccc(O)c1. The topological polar surface area (TPSA) is 78.4 Å². The number of rotatable bonds is 3. The Morgan fingerprint density at radius 3 is 2.71 bits per heavy atom. The predicted octanol–water partition coefficient (Wildman–Crippen LogP) is 1.33. The molecule has 0 spiro atoms. The van der Waals surface area contributed by atoms with Crippen LogP contribution in [0.4, 0.5) is 4.79 Å². The number of carbonyl (C=O) groups is 2. The molecule has 3 N–H and O–H groups in total. The van der Waals surface area contributed by atoms with Gasteiger partial charge in [-0.25, -0.2) is 4.79 Å². The number of phenols is 1. The molecule has 0 saturated heterocycles. The summed E-state index contributed by atoms with van der Waals surface area (Å²) >= 11 is 1.27. The quantitative estimate of drug-likeness (QED) is 0.711. The molecule has 6 heteroatoms. The lowest BCUT2D eigenvalue weighted by Crippen LogP contribution is -2.41. The van der Waals surface area contributed by atoms with Gasteiger partial charge in [0.1, 0.15) is 5.75 Å². The molecule has 1 rings (SSSR count). The average Bonchev–Trinajstić information content (AvgIpc) is 2.28. The third kappa shape index (κ3) is 4.36. The van der Waals surface area contributed by atoms with Crippen LogP contribution in [0.2, 0.25) is 0 Å². The molecular formula is C11H14N2O3S. The first-order valence-electron chi connectivity index (χ1n) is 5.01. The fourth-order valence-corrected chi connectivity index (χ4v) is 2.01. The van der Waals surface area contributed by atoms with E-state index in [-0.39, 0.29) is 11.7 Å².